The van der Waals surface area contributed by atoms with Crippen LogP contribution in [-0.2, 0) is 11.3 Å². The van der Waals surface area contributed by atoms with Crippen LogP contribution in [0.2, 0.25) is 0 Å². The van der Waals surface area contributed by atoms with Gasteiger partial charge in [0, 0.05) is 31.1 Å². The van der Waals surface area contributed by atoms with Crippen molar-refractivity contribution >= 4 is 11.3 Å². The third-order valence-electron chi connectivity index (χ3n) is 3.41. The minimum absolute atomic E-state index is 0.118. The quantitative estimate of drug-likeness (QED) is 0.789. The highest BCUT2D eigenvalue weighted by molar-refractivity contribution is 7.09. The summed E-state index contributed by atoms with van der Waals surface area (Å²) in [7, 11) is 1.77. The molecule has 3 nitrogen and oxygen atoms in total. The standard InChI is InChI=1S/C14H26N2OS/c1-5-16(11-13-7-6-8-18-13)12(10-15)9-14(2,3)17-4/h6-8,12H,5,9-11,15H2,1-4H3. The zero-order chi connectivity index (χ0) is 13.6. The van der Waals surface area contributed by atoms with Gasteiger partial charge in [-0.25, -0.2) is 0 Å². The molecule has 1 aromatic heterocycles. The van der Waals surface area contributed by atoms with E-state index in [1.165, 1.54) is 4.88 Å². The molecular formula is C14H26N2OS. The molecule has 104 valence electrons. The van der Waals surface area contributed by atoms with Crippen molar-refractivity contribution < 1.29 is 4.74 Å². The largest absolute Gasteiger partial charge is 0.379 e. The molecule has 0 aromatic carbocycles. The number of ether oxygens (including phenoxy) is 1. The summed E-state index contributed by atoms with van der Waals surface area (Å²) < 4.78 is 5.52. The van der Waals surface area contributed by atoms with Crippen LogP contribution in [0.5, 0.6) is 0 Å². The second-order valence-electron chi connectivity index (χ2n) is 5.20. The molecule has 18 heavy (non-hydrogen) atoms. The molecule has 0 aliphatic heterocycles. The molecule has 1 atom stereocenters. The molecule has 1 unspecified atom stereocenters. The Morgan fingerprint density at radius 3 is 2.67 bits per heavy atom. The number of rotatable bonds is 8. The van der Waals surface area contributed by atoms with Crippen LogP contribution in [0.3, 0.4) is 0 Å². The number of thiophene rings is 1. The Hall–Kier alpha value is -0.420. The van der Waals surface area contributed by atoms with Crippen LogP contribution in [0, 0.1) is 0 Å². The number of hydrogen-bond acceptors (Lipinski definition) is 4. The van der Waals surface area contributed by atoms with Crippen molar-refractivity contribution in [3.63, 3.8) is 0 Å². The summed E-state index contributed by atoms with van der Waals surface area (Å²) in [6.07, 6.45) is 0.958. The normalized spacial score (nSPS) is 14.1. The van der Waals surface area contributed by atoms with E-state index < -0.39 is 0 Å². The lowest BCUT2D eigenvalue weighted by Crippen LogP contribution is -2.44. The highest BCUT2D eigenvalue weighted by Gasteiger charge is 2.25. The zero-order valence-electron chi connectivity index (χ0n) is 12.0. The first kappa shape index (κ1) is 15.6. The maximum absolute atomic E-state index is 5.95. The van der Waals surface area contributed by atoms with Gasteiger partial charge in [-0.2, -0.15) is 0 Å². The van der Waals surface area contributed by atoms with E-state index in [9.17, 15) is 0 Å². The minimum Gasteiger partial charge on any atom is -0.379 e. The predicted molar refractivity (Wildman–Crippen MR) is 79.0 cm³/mol. The van der Waals surface area contributed by atoms with Crippen molar-refractivity contribution in [1.29, 1.82) is 0 Å². The van der Waals surface area contributed by atoms with Crippen LogP contribution >= 0.6 is 11.3 Å². The molecule has 0 aliphatic carbocycles. The average Bonchev–Trinajstić information content (AvgIpc) is 2.86. The van der Waals surface area contributed by atoms with E-state index in [2.05, 4.69) is 43.2 Å². The molecule has 0 amide bonds. The fraction of sp³-hybridized carbons (Fsp3) is 0.714. The monoisotopic (exact) mass is 270 g/mol. The number of hydrogen-bond donors (Lipinski definition) is 1. The van der Waals surface area contributed by atoms with E-state index in [0.717, 1.165) is 19.5 Å². The highest BCUT2D eigenvalue weighted by Crippen LogP contribution is 2.21. The second kappa shape index (κ2) is 7.24. The Balaban J connectivity index is 2.65. The van der Waals surface area contributed by atoms with Crippen molar-refractivity contribution in [2.75, 3.05) is 20.2 Å². The third-order valence-corrected chi connectivity index (χ3v) is 4.27. The topological polar surface area (TPSA) is 38.5 Å². The van der Waals surface area contributed by atoms with Gasteiger partial charge in [0.25, 0.3) is 0 Å². The number of nitrogens with two attached hydrogens (primary N) is 1. The van der Waals surface area contributed by atoms with Gasteiger partial charge in [0.05, 0.1) is 5.60 Å². The molecule has 0 bridgehead atoms. The Bertz CT molecular complexity index is 325. The molecule has 1 heterocycles. The van der Waals surface area contributed by atoms with Gasteiger partial charge in [0.15, 0.2) is 0 Å². The molecule has 0 fully saturated rings. The number of methoxy groups -OCH3 is 1. The molecular weight excluding hydrogens is 244 g/mol. The Morgan fingerprint density at radius 2 is 2.22 bits per heavy atom. The van der Waals surface area contributed by atoms with Crippen molar-refractivity contribution in [1.82, 2.24) is 4.90 Å². The first-order valence-corrected chi connectivity index (χ1v) is 7.42. The zero-order valence-corrected chi connectivity index (χ0v) is 12.8. The summed E-state index contributed by atoms with van der Waals surface area (Å²) in [6, 6.07) is 4.65. The third kappa shape index (κ3) is 4.69. The van der Waals surface area contributed by atoms with Crippen molar-refractivity contribution in [3.8, 4) is 0 Å². The Morgan fingerprint density at radius 1 is 1.50 bits per heavy atom. The Kier molecular flexibility index (Phi) is 6.29. The average molecular weight is 270 g/mol. The lowest BCUT2D eigenvalue weighted by atomic mass is 9.97. The predicted octanol–water partition coefficient (Wildman–Crippen LogP) is 2.71. The summed E-state index contributed by atoms with van der Waals surface area (Å²) in [6.45, 7) is 9.10. The highest BCUT2D eigenvalue weighted by atomic mass is 32.1. The second-order valence-corrected chi connectivity index (χ2v) is 6.23. The molecule has 2 N–H and O–H groups in total. The van der Waals surface area contributed by atoms with Crippen LogP contribution < -0.4 is 5.73 Å². The van der Waals surface area contributed by atoms with Crippen LogP contribution in [0.1, 0.15) is 32.1 Å². The van der Waals surface area contributed by atoms with Gasteiger partial charge in [-0.05, 0) is 38.3 Å². The van der Waals surface area contributed by atoms with Gasteiger partial charge in [-0.3, -0.25) is 4.90 Å². The Labute approximate surface area is 115 Å². The van der Waals surface area contributed by atoms with Gasteiger partial charge in [0.2, 0.25) is 0 Å². The molecule has 0 saturated heterocycles. The maximum Gasteiger partial charge on any atom is 0.0638 e. The summed E-state index contributed by atoms with van der Waals surface area (Å²) in [5, 5.41) is 2.12. The van der Waals surface area contributed by atoms with Gasteiger partial charge < -0.3 is 10.5 Å². The fourth-order valence-corrected chi connectivity index (χ4v) is 2.84. The maximum atomic E-state index is 5.95. The van der Waals surface area contributed by atoms with E-state index in [0.29, 0.717) is 12.6 Å². The smallest absolute Gasteiger partial charge is 0.0638 e. The minimum atomic E-state index is -0.118. The van der Waals surface area contributed by atoms with Crippen molar-refractivity contribution in [2.45, 2.75) is 45.4 Å². The van der Waals surface area contributed by atoms with E-state index in [-0.39, 0.29) is 5.60 Å². The number of nitrogens with zero attached hydrogens (tertiary/aromatic N) is 1. The molecule has 4 heteroatoms. The van der Waals surface area contributed by atoms with Crippen molar-refractivity contribution in [2.24, 2.45) is 5.73 Å². The summed E-state index contributed by atoms with van der Waals surface area (Å²) in [5.74, 6) is 0. The SMILES string of the molecule is CCN(Cc1cccs1)C(CN)CC(C)(C)OC. The van der Waals surface area contributed by atoms with Crippen LogP contribution in [0.4, 0.5) is 0 Å². The van der Waals surface area contributed by atoms with Crippen LogP contribution in [0.15, 0.2) is 17.5 Å². The summed E-state index contributed by atoms with van der Waals surface area (Å²) >= 11 is 1.80. The fourth-order valence-electron chi connectivity index (χ4n) is 2.11. The lowest BCUT2D eigenvalue weighted by molar-refractivity contribution is -0.00804. The van der Waals surface area contributed by atoms with E-state index in [4.69, 9.17) is 10.5 Å². The van der Waals surface area contributed by atoms with Gasteiger partial charge in [-0.1, -0.05) is 13.0 Å². The first-order valence-electron chi connectivity index (χ1n) is 6.54. The van der Waals surface area contributed by atoms with Gasteiger partial charge in [-0.15, -0.1) is 11.3 Å². The van der Waals surface area contributed by atoms with E-state index in [1.807, 2.05) is 0 Å². The molecule has 0 aliphatic rings. The number of likely N-dealkylation sites (N-methyl/N-ethyl adjacent to an activating group) is 1. The van der Waals surface area contributed by atoms with Crippen LogP contribution in [0.25, 0.3) is 0 Å². The molecule has 0 spiro atoms. The van der Waals surface area contributed by atoms with Crippen LogP contribution in [-0.4, -0.2) is 36.7 Å². The molecule has 1 aromatic rings. The first-order chi connectivity index (χ1) is 8.52. The molecule has 1 rings (SSSR count). The molecule has 0 saturated carbocycles. The van der Waals surface area contributed by atoms with Crippen molar-refractivity contribution in [3.05, 3.63) is 22.4 Å². The van der Waals surface area contributed by atoms with Gasteiger partial charge >= 0.3 is 0 Å². The van der Waals surface area contributed by atoms with Gasteiger partial charge in [0.1, 0.15) is 0 Å². The van der Waals surface area contributed by atoms with E-state index in [1.54, 1.807) is 18.4 Å². The summed E-state index contributed by atoms with van der Waals surface area (Å²) in [5.41, 5.74) is 5.83. The molecule has 0 radical (unpaired) electrons. The lowest BCUT2D eigenvalue weighted by Gasteiger charge is -2.35. The summed E-state index contributed by atoms with van der Waals surface area (Å²) in [4.78, 5) is 3.83. The van der Waals surface area contributed by atoms with E-state index >= 15 is 0 Å².